The summed E-state index contributed by atoms with van der Waals surface area (Å²) in [5, 5.41) is 12.2. The van der Waals surface area contributed by atoms with Gasteiger partial charge in [-0.1, -0.05) is 54.2 Å². The van der Waals surface area contributed by atoms with E-state index in [1.54, 1.807) is 23.9 Å². The van der Waals surface area contributed by atoms with Crippen molar-refractivity contribution in [1.29, 1.82) is 0 Å². The molecule has 148 valence electrons. The second-order valence-electron chi connectivity index (χ2n) is 7.22. The van der Waals surface area contributed by atoms with Gasteiger partial charge in [-0.05, 0) is 61.6 Å². The Morgan fingerprint density at radius 3 is 2.45 bits per heavy atom. The molecule has 0 aliphatic carbocycles. The van der Waals surface area contributed by atoms with Gasteiger partial charge in [0.1, 0.15) is 5.82 Å². The lowest BCUT2D eigenvalue weighted by Crippen LogP contribution is -2.20. The Kier molecular flexibility index (Phi) is 5.65. The average Bonchev–Trinajstić information content (AvgIpc) is 3.16. The second-order valence-corrected chi connectivity index (χ2v) is 8.16. The fraction of sp³-hybridized carbons (Fsp3) is 0.217. The van der Waals surface area contributed by atoms with Crippen LogP contribution in [0.5, 0.6) is 0 Å². The number of benzene rings is 3. The van der Waals surface area contributed by atoms with Crippen molar-refractivity contribution in [3.8, 4) is 5.69 Å². The van der Waals surface area contributed by atoms with Crippen LogP contribution in [0, 0.1) is 5.82 Å². The fourth-order valence-electron chi connectivity index (χ4n) is 3.27. The molecule has 4 rings (SSSR count). The van der Waals surface area contributed by atoms with Crippen molar-refractivity contribution >= 4 is 22.5 Å². The minimum atomic E-state index is -0.256. The zero-order chi connectivity index (χ0) is 20.4. The molecule has 0 saturated heterocycles. The number of nitrogens with zero attached hydrogens (tertiary/aromatic N) is 4. The third-order valence-electron chi connectivity index (χ3n) is 5.13. The summed E-state index contributed by atoms with van der Waals surface area (Å²) in [4.78, 5) is 2.09. The number of hydrogen-bond donors (Lipinski definition) is 0. The predicted molar refractivity (Wildman–Crippen MR) is 117 cm³/mol. The van der Waals surface area contributed by atoms with E-state index in [2.05, 4.69) is 64.5 Å². The van der Waals surface area contributed by atoms with Crippen molar-refractivity contribution < 1.29 is 4.39 Å². The van der Waals surface area contributed by atoms with E-state index in [0.717, 1.165) is 22.4 Å². The first-order chi connectivity index (χ1) is 14.0. The summed E-state index contributed by atoms with van der Waals surface area (Å²) in [6.45, 7) is 2.09. The molecular formula is C23H23FN4S. The van der Waals surface area contributed by atoms with Crippen molar-refractivity contribution in [2.24, 2.45) is 0 Å². The highest BCUT2D eigenvalue weighted by atomic mass is 32.2. The van der Waals surface area contributed by atoms with E-state index < -0.39 is 0 Å². The summed E-state index contributed by atoms with van der Waals surface area (Å²) in [7, 11) is 4.02. The van der Waals surface area contributed by atoms with Gasteiger partial charge in [-0.25, -0.2) is 4.39 Å². The molecule has 0 spiro atoms. The van der Waals surface area contributed by atoms with Gasteiger partial charge in [0, 0.05) is 11.4 Å². The lowest BCUT2D eigenvalue weighted by Gasteiger charge is -2.20. The van der Waals surface area contributed by atoms with Gasteiger partial charge in [0.15, 0.2) is 11.0 Å². The monoisotopic (exact) mass is 406 g/mol. The molecule has 0 bridgehead atoms. The third-order valence-corrected chi connectivity index (χ3v) is 6.11. The Morgan fingerprint density at radius 1 is 0.966 bits per heavy atom. The molecule has 1 heterocycles. The van der Waals surface area contributed by atoms with Crippen molar-refractivity contribution in [1.82, 2.24) is 19.7 Å². The predicted octanol–water partition coefficient (Wildman–Crippen LogP) is 5.47. The Bertz CT molecular complexity index is 1120. The van der Waals surface area contributed by atoms with Crippen LogP contribution in [0.2, 0.25) is 0 Å². The van der Waals surface area contributed by atoms with Crippen molar-refractivity contribution in [3.63, 3.8) is 0 Å². The number of hydrogen-bond acceptors (Lipinski definition) is 4. The van der Waals surface area contributed by atoms with E-state index in [4.69, 9.17) is 0 Å². The normalized spacial score (nSPS) is 12.6. The van der Waals surface area contributed by atoms with Gasteiger partial charge in [0.2, 0.25) is 0 Å². The van der Waals surface area contributed by atoms with Crippen LogP contribution in [0.3, 0.4) is 0 Å². The molecular weight excluding hydrogens is 383 g/mol. The molecule has 29 heavy (non-hydrogen) atoms. The van der Waals surface area contributed by atoms with Crippen molar-refractivity contribution in [3.05, 3.63) is 83.9 Å². The van der Waals surface area contributed by atoms with Crippen LogP contribution < -0.4 is 0 Å². The third kappa shape index (κ3) is 4.04. The van der Waals surface area contributed by atoms with E-state index in [1.807, 2.05) is 18.7 Å². The maximum Gasteiger partial charge on any atom is 0.196 e. The highest BCUT2D eigenvalue weighted by molar-refractivity contribution is 7.98. The van der Waals surface area contributed by atoms with Gasteiger partial charge < -0.3 is 0 Å². The van der Waals surface area contributed by atoms with E-state index in [9.17, 15) is 4.39 Å². The Labute approximate surface area is 174 Å². The van der Waals surface area contributed by atoms with Crippen molar-refractivity contribution in [2.45, 2.75) is 23.9 Å². The first kappa shape index (κ1) is 19.6. The zero-order valence-corrected chi connectivity index (χ0v) is 17.5. The summed E-state index contributed by atoms with van der Waals surface area (Å²) in [5.41, 5.74) is 2.12. The van der Waals surface area contributed by atoms with Crippen LogP contribution in [-0.4, -0.2) is 33.8 Å². The van der Waals surface area contributed by atoms with Crippen molar-refractivity contribution in [2.75, 3.05) is 14.1 Å². The number of fused-ring (bicyclic) bond motifs is 1. The highest BCUT2D eigenvalue weighted by Crippen LogP contribution is 2.30. The summed E-state index contributed by atoms with van der Waals surface area (Å²) in [5.74, 6) is 1.35. The molecule has 6 heteroatoms. The SMILES string of the molecule is C[C@H](c1nnc(SCc2cccc3ccccc23)n1-c1ccc(F)cc1)N(C)C. The Morgan fingerprint density at radius 2 is 1.69 bits per heavy atom. The summed E-state index contributed by atoms with van der Waals surface area (Å²) in [6, 6.07) is 21.3. The molecule has 1 aromatic heterocycles. The van der Waals surface area contributed by atoms with E-state index in [1.165, 1.54) is 28.5 Å². The van der Waals surface area contributed by atoms with Gasteiger partial charge >= 0.3 is 0 Å². The van der Waals surface area contributed by atoms with Gasteiger partial charge in [-0.15, -0.1) is 10.2 Å². The van der Waals surface area contributed by atoms with Gasteiger partial charge in [0.05, 0.1) is 6.04 Å². The van der Waals surface area contributed by atoms with Crippen LogP contribution in [0.4, 0.5) is 4.39 Å². The summed E-state index contributed by atoms with van der Waals surface area (Å²) < 4.78 is 15.5. The van der Waals surface area contributed by atoms with Crippen LogP contribution in [0.15, 0.2) is 71.9 Å². The molecule has 1 atom stereocenters. The average molecular weight is 407 g/mol. The van der Waals surface area contributed by atoms with E-state index >= 15 is 0 Å². The highest BCUT2D eigenvalue weighted by Gasteiger charge is 2.21. The van der Waals surface area contributed by atoms with Crippen LogP contribution in [0.1, 0.15) is 24.4 Å². The molecule has 3 aromatic carbocycles. The lowest BCUT2D eigenvalue weighted by molar-refractivity contribution is 0.305. The topological polar surface area (TPSA) is 34.0 Å². The van der Waals surface area contributed by atoms with Crippen LogP contribution in [-0.2, 0) is 5.75 Å². The summed E-state index contributed by atoms with van der Waals surface area (Å²) in [6.07, 6.45) is 0. The minimum Gasteiger partial charge on any atom is -0.300 e. The quantitative estimate of drug-likeness (QED) is 0.397. The molecule has 4 aromatic rings. The minimum absolute atomic E-state index is 0.0689. The number of rotatable bonds is 6. The van der Waals surface area contributed by atoms with E-state index in [0.29, 0.717) is 0 Å². The largest absolute Gasteiger partial charge is 0.300 e. The molecule has 0 saturated carbocycles. The Hall–Kier alpha value is -2.70. The molecule has 0 amide bonds. The van der Waals surface area contributed by atoms with Crippen LogP contribution >= 0.6 is 11.8 Å². The molecule has 0 N–H and O–H groups in total. The zero-order valence-electron chi connectivity index (χ0n) is 16.7. The molecule has 0 fully saturated rings. The molecule has 0 aliphatic heterocycles. The standard InChI is InChI=1S/C23H23FN4S/c1-16(27(2)3)22-25-26-23(28(22)20-13-11-19(24)12-14-20)29-15-18-9-6-8-17-7-4-5-10-21(17)18/h4-14,16H,15H2,1-3H3/t16-/m1/s1. The summed E-state index contributed by atoms with van der Waals surface area (Å²) >= 11 is 1.64. The molecule has 0 radical (unpaired) electrons. The molecule has 4 nitrogen and oxygen atoms in total. The number of thioether (sulfide) groups is 1. The maximum atomic E-state index is 13.5. The number of aromatic nitrogens is 3. The second kappa shape index (κ2) is 8.35. The lowest BCUT2D eigenvalue weighted by atomic mass is 10.1. The smallest absolute Gasteiger partial charge is 0.196 e. The first-order valence-corrected chi connectivity index (χ1v) is 10.5. The van der Waals surface area contributed by atoms with Gasteiger partial charge in [-0.3, -0.25) is 9.47 Å². The van der Waals surface area contributed by atoms with Gasteiger partial charge in [-0.2, -0.15) is 0 Å². The van der Waals surface area contributed by atoms with Crippen LogP contribution in [0.25, 0.3) is 16.5 Å². The maximum absolute atomic E-state index is 13.5. The molecule has 0 aliphatic rings. The fourth-order valence-corrected chi connectivity index (χ4v) is 4.23. The van der Waals surface area contributed by atoms with E-state index in [-0.39, 0.29) is 11.9 Å². The Balaban J connectivity index is 1.71. The van der Waals surface area contributed by atoms with Gasteiger partial charge in [0.25, 0.3) is 0 Å². The first-order valence-electron chi connectivity index (χ1n) is 9.51. The number of halogens is 1. The molecule has 0 unspecified atom stereocenters.